The van der Waals surface area contributed by atoms with Crippen molar-refractivity contribution < 1.29 is 4.39 Å². The van der Waals surface area contributed by atoms with Crippen LogP contribution in [0.2, 0.25) is 0 Å². The van der Waals surface area contributed by atoms with Gasteiger partial charge in [0.25, 0.3) is 0 Å². The lowest BCUT2D eigenvalue weighted by Crippen LogP contribution is -2.33. The average Bonchev–Trinajstić information content (AvgIpc) is 2.63. The highest BCUT2D eigenvalue weighted by molar-refractivity contribution is 5.77. The zero-order valence-electron chi connectivity index (χ0n) is 14.9. The van der Waals surface area contributed by atoms with Crippen molar-refractivity contribution in [2.24, 2.45) is 10.7 Å². The molecule has 1 aromatic carbocycles. The molecule has 25 heavy (non-hydrogen) atoms. The van der Waals surface area contributed by atoms with E-state index in [2.05, 4.69) is 15.3 Å². The number of hydrogen-bond acceptors (Lipinski definition) is 3. The Balaban J connectivity index is 1.86. The van der Waals surface area contributed by atoms with Crippen LogP contribution in [0.5, 0.6) is 0 Å². The summed E-state index contributed by atoms with van der Waals surface area (Å²) < 4.78 is 14.2. The summed E-state index contributed by atoms with van der Waals surface area (Å²) in [5.74, 6) is 0.127. The maximum atomic E-state index is 14.2. The molecule has 3 N–H and O–H groups in total. The fourth-order valence-corrected chi connectivity index (χ4v) is 2.57. The van der Waals surface area contributed by atoms with Gasteiger partial charge in [-0.2, -0.15) is 0 Å². The van der Waals surface area contributed by atoms with E-state index in [1.54, 1.807) is 12.3 Å². The molecule has 0 atom stereocenters. The van der Waals surface area contributed by atoms with Crippen LogP contribution in [0.3, 0.4) is 0 Å². The maximum absolute atomic E-state index is 14.2. The monoisotopic (exact) mass is 343 g/mol. The number of hydrogen-bond donors (Lipinski definition) is 2. The molecule has 1 aromatic heterocycles. The van der Waals surface area contributed by atoms with Crippen molar-refractivity contribution in [2.75, 3.05) is 24.5 Å². The molecule has 0 bridgehead atoms. The first-order valence-electron chi connectivity index (χ1n) is 8.61. The van der Waals surface area contributed by atoms with E-state index in [9.17, 15) is 4.39 Å². The molecule has 0 amide bonds. The summed E-state index contributed by atoms with van der Waals surface area (Å²) in [5, 5.41) is 3.05. The number of guanidine groups is 1. The zero-order chi connectivity index (χ0) is 18.1. The molecule has 5 nitrogen and oxygen atoms in total. The van der Waals surface area contributed by atoms with Gasteiger partial charge < -0.3 is 16.0 Å². The Labute approximate surface area is 148 Å². The van der Waals surface area contributed by atoms with Crippen molar-refractivity contribution >= 4 is 11.6 Å². The number of pyridine rings is 1. The first-order valence-corrected chi connectivity index (χ1v) is 8.61. The second-order valence-electron chi connectivity index (χ2n) is 5.66. The Morgan fingerprint density at radius 3 is 2.68 bits per heavy atom. The van der Waals surface area contributed by atoms with Gasteiger partial charge in [0.1, 0.15) is 5.82 Å². The summed E-state index contributed by atoms with van der Waals surface area (Å²) in [4.78, 5) is 10.5. The predicted molar refractivity (Wildman–Crippen MR) is 101 cm³/mol. The lowest BCUT2D eigenvalue weighted by atomic mass is 10.2. The SMILES string of the molecule is CCN(CC)c1ccc(CN=C(N)NCCc2ccccn2)cc1F. The summed E-state index contributed by atoms with van der Waals surface area (Å²) in [7, 11) is 0. The molecule has 0 aliphatic heterocycles. The van der Waals surface area contributed by atoms with Crippen LogP contribution in [-0.4, -0.2) is 30.6 Å². The van der Waals surface area contributed by atoms with E-state index in [0.717, 1.165) is 30.8 Å². The van der Waals surface area contributed by atoms with Crippen LogP contribution in [0.25, 0.3) is 0 Å². The normalized spacial score (nSPS) is 11.4. The van der Waals surface area contributed by atoms with Gasteiger partial charge in [-0.15, -0.1) is 0 Å². The van der Waals surface area contributed by atoms with Gasteiger partial charge in [-0.3, -0.25) is 4.98 Å². The topological polar surface area (TPSA) is 66.5 Å². The standard InChI is InChI=1S/C19H26FN5/c1-3-25(4-2)18-9-8-15(13-17(18)20)14-24-19(21)23-12-10-16-7-5-6-11-22-16/h5-9,11,13H,3-4,10,12,14H2,1-2H3,(H3,21,23,24). The fourth-order valence-electron chi connectivity index (χ4n) is 2.57. The number of rotatable bonds is 8. The number of nitrogens with zero attached hydrogens (tertiary/aromatic N) is 3. The highest BCUT2D eigenvalue weighted by atomic mass is 19.1. The van der Waals surface area contributed by atoms with Crippen LogP contribution in [0.15, 0.2) is 47.6 Å². The zero-order valence-corrected chi connectivity index (χ0v) is 14.9. The van der Waals surface area contributed by atoms with Crippen LogP contribution in [-0.2, 0) is 13.0 Å². The molecule has 0 unspecified atom stereocenters. The lowest BCUT2D eigenvalue weighted by molar-refractivity contribution is 0.617. The van der Waals surface area contributed by atoms with Gasteiger partial charge in [0, 0.05) is 37.9 Å². The number of nitrogens with two attached hydrogens (primary N) is 1. The third-order valence-electron chi connectivity index (χ3n) is 3.96. The predicted octanol–water partition coefficient (Wildman–Crippen LogP) is 2.71. The summed E-state index contributed by atoms with van der Waals surface area (Å²) >= 11 is 0. The largest absolute Gasteiger partial charge is 0.370 e. The summed E-state index contributed by atoms with van der Waals surface area (Å²) in [6.45, 7) is 6.58. The maximum Gasteiger partial charge on any atom is 0.188 e. The lowest BCUT2D eigenvalue weighted by Gasteiger charge is -2.21. The van der Waals surface area contributed by atoms with E-state index in [-0.39, 0.29) is 5.82 Å². The van der Waals surface area contributed by atoms with Gasteiger partial charge in [0.15, 0.2) is 5.96 Å². The molecule has 0 aliphatic rings. The molecule has 6 heteroatoms. The summed E-state index contributed by atoms with van der Waals surface area (Å²) in [6, 6.07) is 11.0. The van der Waals surface area contributed by atoms with Gasteiger partial charge >= 0.3 is 0 Å². The van der Waals surface area contributed by atoms with Gasteiger partial charge in [-0.05, 0) is 43.7 Å². The van der Waals surface area contributed by atoms with Crippen molar-refractivity contribution in [3.8, 4) is 0 Å². The molecule has 0 saturated carbocycles. The van der Waals surface area contributed by atoms with Crippen LogP contribution < -0.4 is 16.0 Å². The first-order chi connectivity index (χ1) is 12.1. The average molecular weight is 343 g/mol. The first kappa shape index (κ1) is 18.7. The van der Waals surface area contributed by atoms with E-state index in [1.807, 2.05) is 43.0 Å². The number of benzene rings is 1. The number of aromatic nitrogens is 1. The van der Waals surface area contributed by atoms with E-state index >= 15 is 0 Å². The second kappa shape index (κ2) is 9.61. The highest BCUT2D eigenvalue weighted by Crippen LogP contribution is 2.20. The molecule has 0 spiro atoms. The number of nitrogens with one attached hydrogen (secondary N) is 1. The van der Waals surface area contributed by atoms with E-state index < -0.39 is 0 Å². The molecule has 0 radical (unpaired) electrons. The smallest absolute Gasteiger partial charge is 0.188 e. The quantitative estimate of drug-likeness (QED) is 0.571. The third kappa shape index (κ3) is 5.74. The Hall–Kier alpha value is -2.63. The van der Waals surface area contributed by atoms with Crippen molar-refractivity contribution in [3.63, 3.8) is 0 Å². The number of anilines is 1. The van der Waals surface area contributed by atoms with Crippen molar-refractivity contribution in [1.82, 2.24) is 10.3 Å². The van der Waals surface area contributed by atoms with Crippen molar-refractivity contribution in [2.45, 2.75) is 26.8 Å². The summed E-state index contributed by atoms with van der Waals surface area (Å²) in [6.07, 6.45) is 2.54. The van der Waals surface area contributed by atoms with E-state index in [4.69, 9.17) is 5.73 Å². The Bertz CT molecular complexity index is 683. The Morgan fingerprint density at radius 2 is 2.04 bits per heavy atom. The van der Waals surface area contributed by atoms with Crippen LogP contribution in [0, 0.1) is 5.82 Å². The van der Waals surface area contributed by atoms with Crippen LogP contribution in [0.1, 0.15) is 25.1 Å². The molecule has 2 rings (SSSR count). The molecule has 0 aliphatic carbocycles. The van der Waals surface area contributed by atoms with Crippen molar-refractivity contribution in [3.05, 3.63) is 59.7 Å². The minimum Gasteiger partial charge on any atom is -0.370 e. The van der Waals surface area contributed by atoms with Gasteiger partial charge in [0.2, 0.25) is 0 Å². The van der Waals surface area contributed by atoms with Crippen LogP contribution >= 0.6 is 0 Å². The molecule has 1 heterocycles. The molecule has 2 aromatic rings. The highest BCUT2D eigenvalue weighted by Gasteiger charge is 2.08. The minimum atomic E-state index is -0.224. The number of halogens is 1. The van der Waals surface area contributed by atoms with Gasteiger partial charge in [-0.1, -0.05) is 12.1 Å². The molecular formula is C19H26FN5. The minimum absolute atomic E-state index is 0.224. The van der Waals surface area contributed by atoms with Crippen LogP contribution in [0.4, 0.5) is 10.1 Å². The third-order valence-corrected chi connectivity index (χ3v) is 3.96. The summed E-state index contributed by atoms with van der Waals surface area (Å²) in [5.41, 5.74) is 8.28. The van der Waals surface area contributed by atoms with Gasteiger partial charge in [-0.25, -0.2) is 9.38 Å². The van der Waals surface area contributed by atoms with Gasteiger partial charge in [0.05, 0.1) is 12.2 Å². The molecular weight excluding hydrogens is 317 g/mol. The molecule has 0 fully saturated rings. The Kier molecular flexibility index (Phi) is 7.19. The molecule has 134 valence electrons. The van der Waals surface area contributed by atoms with E-state index in [0.29, 0.717) is 24.7 Å². The Morgan fingerprint density at radius 1 is 1.24 bits per heavy atom. The second-order valence-corrected chi connectivity index (χ2v) is 5.66. The number of aliphatic imine (C=N–C) groups is 1. The van der Waals surface area contributed by atoms with E-state index in [1.165, 1.54) is 6.07 Å². The van der Waals surface area contributed by atoms with Crippen molar-refractivity contribution in [1.29, 1.82) is 0 Å². The fraction of sp³-hybridized carbons (Fsp3) is 0.368. The molecule has 0 saturated heterocycles.